The van der Waals surface area contributed by atoms with Gasteiger partial charge in [0.05, 0.1) is 6.10 Å². The van der Waals surface area contributed by atoms with Crippen LogP contribution in [0.4, 0.5) is 0 Å². The molecule has 2 aromatic rings. The second kappa shape index (κ2) is 6.51. The fourth-order valence-corrected chi connectivity index (χ4v) is 4.20. The largest absolute Gasteiger partial charge is 0.378 e. The van der Waals surface area contributed by atoms with Gasteiger partial charge < -0.3 is 14.0 Å². The number of fused-ring (bicyclic) bond motifs is 1. The lowest BCUT2D eigenvalue weighted by molar-refractivity contribution is -0.159. The van der Waals surface area contributed by atoms with E-state index in [1.807, 2.05) is 29.5 Å². The van der Waals surface area contributed by atoms with Crippen LogP contribution in [0.3, 0.4) is 0 Å². The second-order valence-corrected chi connectivity index (χ2v) is 6.49. The van der Waals surface area contributed by atoms with Crippen molar-refractivity contribution < 1.29 is 9.53 Å². The van der Waals surface area contributed by atoms with E-state index in [1.165, 1.54) is 0 Å². The van der Waals surface area contributed by atoms with Gasteiger partial charge in [-0.05, 0) is 26.2 Å². The Bertz CT molecular complexity index is 723. The van der Waals surface area contributed by atoms with Crippen LogP contribution in [-0.4, -0.2) is 51.0 Å². The van der Waals surface area contributed by atoms with E-state index in [1.54, 1.807) is 18.6 Å². The monoisotopic (exact) mass is 330 g/mol. The summed E-state index contributed by atoms with van der Waals surface area (Å²) in [4.78, 5) is 23.5. The number of carbonyl (C=O) groups excluding carboxylic acids is 1. The lowest BCUT2D eigenvalue weighted by Gasteiger charge is -2.58. The minimum atomic E-state index is -0.0713. The third-order valence-corrected chi connectivity index (χ3v) is 5.73. The van der Waals surface area contributed by atoms with Crippen LogP contribution in [0, 0.1) is 5.41 Å². The van der Waals surface area contributed by atoms with Crippen molar-refractivity contribution in [2.75, 3.05) is 13.7 Å². The van der Waals surface area contributed by atoms with Gasteiger partial charge in [0, 0.05) is 49.9 Å². The Kier molecular flexibility index (Phi) is 4.58. The molecule has 1 amide bonds. The fraction of sp³-hybridized carbons (Fsp3) is 0.611. The average Bonchev–Trinajstić information content (AvgIpc) is 3.07. The standard InChI is InChI=1S/C18H26N4O2/c1-5-18(6-2)13(12-14(18)24-7-3)21(4)17(23)15-16-20-9-11-22(16)10-8-19-15/h8-11,13-14H,5-7,12H2,1-4H3/t13-,14-/m0/s1. The quantitative estimate of drug-likeness (QED) is 0.817. The van der Waals surface area contributed by atoms with Gasteiger partial charge in [0.1, 0.15) is 0 Å². The number of hydrogen-bond donors (Lipinski definition) is 0. The number of nitrogens with zero attached hydrogens (tertiary/aromatic N) is 4. The summed E-state index contributed by atoms with van der Waals surface area (Å²) in [6.45, 7) is 7.12. The average molecular weight is 330 g/mol. The van der Waals surface area contributed by atoms with Crippen LogP contribution in [0.2, 0.25) is 0 Å². The molecular formula is C18H26N4O2. The third-order valence-electron chi connectivity index (χ3n) is 5.73. The summed E-state index contributed by atoms with van der Waals surface area (Å²) in [6.07, 6.45) is 10.1. The van der Waals surface area contributed by atoms with E-state index >= 15 is 0 Å². The number of hydrogen-bond acceptors (Lipinski definition) is 4. The van der Waals surface area contributed by atoms with E-state index in [0.29, 0.717) is 17.9 Å². The smallest absolute Gasteiger partial charge is 0.276 e. The molecule has 0 aromatic carbocycles. The highest BCUT2D eigenvalue weighted by atomic mass is 16.5. The lowest BCUT2D eigenvalue weighted by atomic mass is 9.58. The van der Waals surface area contributed by atoms with Crippen LogP contribution in [-0.2, 0) is 4.74 Å². The molecule has 1 aliphatic carbocycles. The van der Waals surface area contributed by atoms with Gasteiger partial charge in [-0.1, -0.05) is 13.8 Å². The maximum Gasteiger partial charge on any atom is 0.276 e. The molecule has 24 heavy (non-hydrogen) atoms. The topological polar surface area (TPSA) is 59.7 Å². The molecule has 3 rings (SSSR count). The van der Waals surface area contributed by atoms with Crippen molar-refractivity contribution >= 4 is 11.6 Å². The minimum absolute atomic E-state index is 0.0287. The summed E-state index contributed by atoms with van der Waals surface area (Å²) in [5.41, 5.74) is 1.04. The highest BCUT2D eigenvalue weighted by Crippen LogP contribution is 2.51. The molecule has 0 radical (unpaired) electrons. The predicted molar refractivity (Wildman–Crippen MR) is 91.9 cm³/mol. The summed E-state index contributed by atoms with van der Waals surface area (Å²) in [5.74, 6) is -0.0713. The summed E-state index contributed by atoms with van der Waals surface area (Å²) in [7, 11) is 1.88. The number of amides is 1. The van der Waals surface area contributed by atoms with Crippen molar-refractivity contribution in [1.29, 1.82) is 0 Å². The zero-order chi connectivity index (χ0) is 17.3. The number of aromatic nitrogens is 3. The van der Waals surface area contributed by atoms with Gasteiger partial charge in [0.2, 0.25) is 0 Å². The molecule has 6 heteroatoms. The summed E-state index contributed by atoms with van der Waals surface area (Å²) >= 11 is 0. The fourth-order valence-electron chi connectivity index (χ4n) is 4.20. The van der Waals surface area contributed by atoms with Crippen molar-refractivity contribution in [2.45, 2.75) is 52.2 Å². The van der Waals surface area contributed by atoms with Gasteiger partial charge >= 0.3 is 0 Å². The number of rotatable bonds is 6. The van der Waals surface area contributed by atoms with Crippen LogP contribution in [0.5, 0.6) is 0 Å². The highest BCUT2D eigenvalue weighted by molar-refractivity contribution is 5.97. The normalized spacial score (nSPS) is 22.3. The van der Waals surface area contributed by atoms with Gasteiger partial charge in [-0.25, -0.2) is 9.97 Å². The molecule has 1 fully saturated rings. The van der Waals surface area contributed by atoms with Crippen molar-refractivity contribution in [3.8, 4) is 0 Å². The first-order valence-electron chi connectivity index (χ1n) is 8.75. The van der Waals surface area contributed by atoms with Crippen molar-refractivity contribution in [1.82, 2.24) is 19.3 Å². The molecule has 0 spiro atoms. The Morgan fingerprint density at radius 3 is 2.58 bits per heavy atom. The first-order valence-corrected chi connectivity index (χ1v) is 8.75. The van der Waals surface area contributed by atoms with E-state index < -0.39 is 0 Å². The van der Waals surface area contributed by atoms with E-state index in [-0.39, 0.29) is 23.5 Å². The third kappa shape index (κ3) is 2.40. The Balaban J connectivity index is 1.87. The van der Waals surface area contributed by atoms with Crippen molar-refractivity contribution in [3.05, 3.63) is 30.5 Å². The molecule has 130 valence electrons. The first-order chi connectivity index (χ1) is 11.6. The molecule has 0 bridgehead atoms. The van der Waals surface area contributed by atoms with E-state index in [4.69, 9.17) is 4.74 Å². The summed E-state index contributed by atoms with van der Waals surface area (Å²) in [5, 5.41) is 0. The molecule has 1 aliphatic rings. The van der Waals surface area contributed by atoms with Gasteiger partial charge in [-0.15, -0.1) is 0 Å². The van der Waals surface area contributed by atoms with E-state index in [9.17, 15) is 4.79 Å². The maximum atomic E-state index is 13.0. The Morgan fingerprint density at radius 1 is 1.29 bits per heavy atom. The number of carbonyl (C=O) groups is 1. The number of ether oxygens (including phenoxy) is 1. The zero-order valence-electron chi connectivity index (χ0n) is 14.9. The molecule has 0 aliphatic heterocycles. The van der Waals surface area contributed by atoms with Crippen molar-refractivity contribution in [3.63, 3.8) is 0 Å². The van der Waals surface area contributed by atoms with E-state index in [2.05, 4.69) is 23.8 Å². The lowest BCUT2D eigenvalue weighted by Crippen LogP contribution is -2.64. The molecule has 2 aromatic heterocycles. The molecule has 0 unspecified atom stereocenters. The van der Waals surface area contributed by atoms with Gasteiger partial charge in [-0.3, -0.25) is 4.79 Å². The summed E-state index contributed by atoms with van der Waals surface area (Å²) < 4.78 is 7.75. The molecule has 0 N–H and O–H groups in total. The Morgan fingerprint density at radius 2 is 1.96 bits per heavy atom. The predicted octanol–water partition coefficient (Wildman–Crippen LogP) is 2.79. The second-order valence-electron chi connectivity index (χ2n) is 6.49. The minimum Gasteiger partial charge on any atom is -0.378 e. The molecule has 6 nitrogen and oxygen atoms in total. The highest BCUT2D eigenvalue weighted by Gasteiger charge is 2.56. The van der Waals surface area contributed by atoms with Gasteiger partial charge in [0.15, 0.2) is 11.3 Å². The van der Waals surface area contributed by atoms with Crippen LogP contribution in [0.25, 0.3) is 5.65 Å². The summed E-state index contributed by atoms with van der Waals surface area (Å²) in [6, 6.07) is 0.175. The molecule has 0 saturated heterocycles. The number of imidazole rings is 1. The molecular weight excluding hydrogens is 304 g/mol. The van der Waals surface area contributed by atoms with Crippen molar-refractivity contribution in [2.24, 2.45) is 5.41 Å². The maximum absolute atomic E-state index is 13.0. The molecule has 1 saturated carbocycles. The van der Waals surface area contributed by atoms with E-state index in [0.717, 1.165) is 19.3 Å². The van der Waals surface area contributed by atoms with Gasteiger partial charge in [-0.2, -0.15) is 0 Å². The zero-order valence-corrected chi connectivity index (χ0v) is 14.9. The van der Waals surface area contributed by atoms with Crippen LogP contribution in [0.15, 0.2) is 24.8 Å². The first kappa shape index (κ1) is 16.9. The molecule has 2 atom stereocenters. The van der Waals surface area contributed by atoms with Crippen LogP contribution < -0.4 is 0 Å². The molecule has 2 heterocycles. The Labute approximate surface area is 142 Å². The SMILES string of the molecule is CCO[C@H]1C[C@H](N(C)C(=O)c2nccn3ccnc23)C1(CC)CC. The van der Waals surface area contributed by atoms with Gasteiger partial charge in [0.25, 0.3) is 5.91 Å². The Hall–Kier alpha value is -1.95. The van der Waals surface area contributed by atoms with Crippen LogP contribution in [0.1, 0.15) is 50.5 Å². The van der Waals surface area contributed by atoms with Crippen LogP contribution >= 0.6 is 0 Å².